The van der Waals surface area contributed by atoms with Crippen molar-refractivity contribution in [1.29, 1.82) is 0 Å². The van der Waals surface area contributed by atoms with E-state index in [1.807, 2.05) is 4.90 Å². The number of aromatic nitrogens is 2. The van der Waals surface area contributed by atoms with Crippen LogP contribution >= 0.6 is 0 Å². The van der Waals surface area contributed by atoms with Crippen molar-refractivity contribution in [3.63, 3.8) is 0 Å². The summed E-state index contributed by atoms with van der Waals surface area (Å²) in [4.78, 5) is 22.4. The highest BCUT2D eigenvalue weighted by atomic mass is 16.2. The third-order valence-corrected chi connectivity index (χ3v) is 3.51. The molecular formula is C13H20N4O. The number of carbonyl (C=O) groups is 1. The molecule has 2 rings (SSSR count). The molecule has 1 aliphatic heterocycles. The first-order valence-electron chi connectivity index (χ1n) is 6.31. The highest BCUT2D eigenvalue weighted by Crippen LogP contribution is 2.30. The molecule has 2 heterocycles. The number of carbonyl (C=O) groups excluding carboxylic acids is 1. The number of anilines is 1. The van der Waals surface area contributed by atoms with Crippen LogP contribution < -0.4 is 5.32 Å². The second kappa shape index (κ2) is 4.92. The lowest BCUT2D eigenvalue weighted by molar-refractivity contribution is 0.0624. The zero-order valence-electron chi connectivity index (χ0n) is 11.2. The van der Waals surface area contributed by atoms with E-state index in [0.29, 0.717) is 16.9 Å². The summed E-state index contributed by atoms with van der Waals surface area (Å²) in [7, 11) is 1.77. The van der Waals surface area contributed by atoms with E-state index in [9.17, 15) is 4.79 Å². The molecule has 18 heavy (non-hydrogen) atoms. The first kappa shape index (κ1) is 12.8. The molecule has 1 N–H and O–H groups in total. The molecule has 1 aromatic rings. The molecule has 0 unspecified atom stereocenters. The minimum atomic E-state index is -0.0184. The van der Waals surface area contributed by atoms with Gasteiger partial charge in [0.05, 0.1) is 12.4 Å². The maximum atomic E-state index is 12.3. The fourth-order valence-electron chi connectivity index (χ4n) is 2.07. The fourth-order valence-corrected chi connectivity index (χ4v) is 2.07. The topological polar surface area (TPSA) is 58.1 Å². The van der Waals surface area contributed by atoms with E-state index in [1.54, 1.807) is 13.2 Å². The van der Waals surface area contributed by atoms with Crippen molar-refractivity contribution in [1.82, 2.24) is 14.9 Å². The van der Waals surface area contributed by atoms with Gasteiger partial charge in [0, 0.05) is 20.1 Å². The Kier molecular flexibility index (Phi) is 3.50. The molecule has 98 valence electrons. The number of nitrogens with one attached hydrogen (secondary N) is 1. The Labute approximate surface area is 108 Å². The fraction of sp³-hybridized carbons (Fsp3) is 0.615. The van der Waals surface area contributed by atoms with Crippen molar-refractivity contribution in [2.45, 2.75) is 26.7 Å². The summed E-state index contributed by atoms with van der Waals surface area (Å²) in [6.45, 7) is 6.10. The van der Waals surface area contributed by atoms with Gasteiger partial charge in [-0.05, 0) is 18.3 Å². The lowest BCUT2D eigenvalue weighted by Crippen LogP contribution is -2.41. The molecule has 1 amide bonds. The second-order valence-corrected chi connectivity index (χ2v) is 5.50. The van der Waals surface area contributed by atoms with Gasteiger partial charge in [0.2, 0.25) is 0 Å². The molecule has 1 fully saturated rings. The smallest absolute Gasteiger partial charge is 0.274 e. The Hall–Kier alpha value is -1.65. The normalized spacial score (nSPS) is 18.5. The van der Waals surface area contributed by atoms with Gasteiger partial charge in [-0.25, -0.2) is 4.98 Å². The molecule has 1 aromatic heterocycles. The van der Waals surface area contributed by atoms with E-state index in [4.69, 9.17) is 0 Å². The zero-order chi connectivity index (χ0) is 13.2. The molecule has 0 atom stereocenters. The van der Waals surface area contributed by atoms with Crippen LogP contribution in [0.15, 0.2) is 12.4 Å². The third-order valence-electron chi connectivity index (χ3n) is 3.51. The van der Waals surface area contributed by atoms with E-state index >= 15 is 0 Å². The second-order valence-electron chi connectivity index (χ2n) is 5.50. The van der Waals surface area contributed by atoms with Gasteiger partial charge < -0.3 is 10.2 Å². The number of piperidine rings is 1. The van der Waals surface area contributed by atoms with Gasteiger partial charge in [-0.1, -0.05) is 13.8 Å². The first-order chi connectivity index (χ1) is 8.52. The molecule has 0 aliphatic carbocycles. The standard InChI is InChI=1S/C13H20N4O/c1-13(2)4-6-17(7-5-13)12(18)10-8-15-9-11(14-3)16-10/h8-9H,4-7H2,1-3H3,(H,14,16). The van der Waals surface area contributed by atoms with Crippen molar-refractivity contribution >= 4 is 11.7 Å². The quantitative estimate of drug-likeness (QED) is 0.866. The van der Waals surface area contributed by atoms with Crippen LogP contribution in [0, 0.1) is 5.41 Å². The predicted molar refractivity (Wildman–Crippen MR) is 70.5 cm³/mol. The lowest BCUT2D eigenvalue weighted by atomic mass is 9.82. The van der Waals surface area contributed by atoms with E-state index < -0.39 is 0 Å². The molecule has 5 heteroatoms. The molecular weight excluding hydrogens is 228 g/mol. The average Bonchev–Trinajstić information content (AvgIpc) is 2.38. The molecule has 0 bridgehead atoms. The van der Waals surface area contributed by atoms with Crippen LogP contribution in [0.25, 0.3) is 0 Å². The molecule has 0 aromatic carbocycles. The Morgan fingerprint density at radius 2 is 2.00 bits per heavy atom. The summed E-state index contributed by atoms with van der Waals surface area (Å²) in [5, 5.41) is 2.89. The van der Waals surface area contributed by atoms with E-state index in [0.717, 1.165) is 25.9 Å². The molecule has 0 radical (unpaired) electrons. The zero-order valence-corrected chi connectivity index (χ0v) is 11.2. The van der Waals surface area contributed by atoms with Gasteiger partial charge in [0.25, 0.3) is 5.91 Å². The van der Waals surface area contributed by atoms with E-state index in [2.05, 4.69) is 29.1 Å². The van der Waals surface area contributed by atoms with Crippen LogP contribution in [-0.4, -0.2) is 40.9 Å². The summed E-state index contributed by atoms with van der Waals surface area (Å²) in [5.41, 5.74) is 0.761. The highest BCUT2D eigenvalue weighted by molar-refractivity contribution is 5.92. The Bertz CT molecular complexity index is 434. The number of nitrogens with zero attached hydrogens (tertiary/aromatic N) is 3. The van der Waals surface area contributed by atoms with Gasteiger partial charge in [0.1, 0.15) is 11.5 Å². The van der Waals surface area contributed by atoms with Crippen LogP contribution in [0.5, 0.6) is 0 Å². The van der Waals surface area contributed by atoms with Crippen molar-refractivity contribution in [3.05, 3.63) is 18.1 Å². The van der Waals surface area contributed by atoms with Gasteiger partial charge in [-0.3, -0.25) is 9.78 Å². The molecule has 1 saturated heterocycles. The van der Waals surface area contributed by atoms with Crippen molar-refractivity contribution in [3.8, 4) is 0 Å². The monoisotopic (exact) mass is 248 g/mol. The maximum absolute atomic E-state index is 12.3. The van der Waals surface area contributed by atoms with Crippen molar-refractivity contribution in [2.75, 3.05) is 25.5 Å². The molecule has 0 spiro atoms. The van der Waals surface area contributed by atoms with Crippen LogP contribution in [0.2, 0.25) is 0 Å². The largest absolute Gasteiger partial charge is 0.372 e. The summed E-state index contributed by atoms with van der Waals surface area (Å²) < 4.78 is 0. The minimum absolute atomic E-state index is 0.0184. The Balaban J connectivity index is 2.07. The lowest BCUT2D eigenvalue weighted by Gasteiger charge is -2.36. The van der Waals surface area contributed by atoms with Gasteiger partial charge >= 0.3 is 0 Å². The first-order valence-corrected chi connectivity index (χ1v) is 6.31. The molecule has 0 saturated carbocycles. The van der Waals surface area contributed by atoms with Gasteiger partial charge in [0.15, 0.2) is 0 Å². The van der Waals surface area contributed by atoms with Gasteiger partial charge in [-0.2, -0.15) is 0 Å². The van der Waals surface area contributed by atoms with E-state index in [1.165, 1.54) is 6.20 Å². The predicted octanol–water partition coefficient (Wildman–Crippen LogP) is 1.78. The van der Waals surface area contributed by atoms with E-state index in [-0.39, 0.29) is 5.91 Å². The van der Waals surface area contributed by atoms with Crippen LogP contribution in [0.3, 0.4) is 0 Å². The number of hydrogen-bond donors (Lipinski definition) is 1. The van der Waals surface area contributed by atoms with Gasteiger partial charge in [-0.15, -0.1) is 0 Å². The summed E-state index contributed by atoms with van der Waals surface area (Å²) in [6, 6.07) is 0. The average molecular weight is 248 g/mol. The summed E-state index contributed by atoms with van der Waals surface area (Å²) in [6.07, 6.45) is 5.22. The number of rotatable bonds is 2. The molecule has 1 aliphatic rings. The SMILES string of the molecule is CNc1cncc(C(=O)N2CCC(C)(C)CC2)n1. The number of hydrogen-bond acceptors (Lipinski definition) is 4. The highest BCUT2D eigenvalue weighted by Gasteiger charge is 2.28. The number of likely N-dealkylation sites (tertiary alicyclic amines) is 1. The Morgan fingerprint density at radius 1 is 1.33 bits per heavy atom. The van der Waals surface area contributed by atoms with Crippen LogP contribution in [0.1, 0.15) is 37.2 Å². The van der Waals surface area contributed by atoms with Crippen LogP contribution in [-0.2, 0) is 0 Å². The number of amides is 1. The third kappa shape index (κ3) is 2.78. The minimum Gasteiger partial charge on any atom is -0.372 e. The Morgan fingerprint density at radius 3 is 2.61 bits per heavy atom. The van der Waals surface area contributed by atoms with Crippen molar-refractivity contribution in [2.24, 2.45) is 5.41 Å². The summed E-state index contributed by atoms with van der Waals surface area (Å²) in [5.74, 6) is 0.605. The molecule has 5 nitrogen and oxygen atoms in total. The maximum Gasteiger partial charge on any atom is 0.274 e. The summed E-state index contributed by atoms with van der Waals surface area (Å²) >= 11 is 0. The van der Waals surface area contributed by atoms with Crippen LogP contribution in [0.4, 0.5) is 5.82 Å². The van der Waals surface area contributed by atoms with Crippen molar-refractivity contribution < 1.29 is 4.79 Å².